The normalized spacial score (nSPS) is 21.5. The number of anilines is 1. The fourth-order valence-corrected chi connectivity index (χ4v) is 4.81. The molecule has 2 amide bonds. The summed E-state index contributed by atoms with van der Waals surface area (Å²) in [5, 5.41) is 9.96. The van der Waals surface area contributed by atoms with Gasteiger partial charge in [-0.05, 0) is 50.6 Å². The Kier molecular flexibility index (Phi) is 7.07. The third-order valence-electron chi connectivity index (χ3n) is 6.07. The van der Waals surface area contributed by atoms with Crippen molar-refractivity contribution in [2.75, 3.05) is 32.5 Å². The fraction of sp³-hybridized carbons (Fsp3) is 0.375. The molecule has 2 aliphatic rings. The van der Waals surface area contributed by atoms with Crippen LogP contribution in [-0.4, -0.2) is 66.4 Å². The minimum Gasteiger partial charge on any atom is -0.483 e. The van der Waals surface area contributed by atoms with Crippen molar-refractivity contribution in [3.8, 4) is 0 Å². The summed E-state index contributed by atoms with van der Waals surface area (Å²) in [6.45, 7) is 0.731. The molecule has 0 aliphatic carbocycles. The number of likely N-dealkylation sites (tertiary alicyclic amines) is 1. The van der Waals surface area contributed by atoms with Crippen LogP contribution in [0.4, 0.5) is 5.69 Å². The highest BCUT2D eigenvalue weighted by atomic mass is 16.3. The van der Waals surface area contributed by atoms with Gasteiger partial charge in [0.15, 0.2) is 0 Å². The average molecular weight is 424 g/mol. The fourth-order valence-electron chi connectivity index (χ4n) is 4.81. The Bertz CT molecular complexity index is 931. The van der Waals surface area contributed by atoms with Gasteiger partial charge < -0.3 is 20.2 Å². The maximum atomic E-state index is 13.2. The van der Waals surface area contributed by atoms with Crippen molar-refractivity contribution in [2.24, 2.45) is 0 Å². The number of aryl methyl sites for hydroxylation is 1. The number of nitrogens with zero attached hydrogens (tertiary/aromatic N) is 2. The first kappa shape index (κ1) is 22.5. The monoisotopic (exact) mass is 423 g/mol. The number of para-hydroxylation sites is 1. The van der Waals surface area contributed by atoms with Crippen LogP contribution >= 0.6 is 0 Å². The summed E-state index contributed by atoms with van der Waals surface area (Å²) in [6, 6.07) is 18.1. The van der Waals surface area contributed by atoms with E-state index in [0.29, 0.717) is 19.5 Å². The topological polar surface area (TPSA) is 90.0 Å². The molecule has 2 aromatic rings. The summed E-state index contributed by atoms with van der Waals surface area (Å²) in [7, 11) is 3.81. The Morgan fingerprint density at radius 3 is 2.52 bits per heavy atom. The number of carboxylic acid groups (broad SMARTS) is 1. The van der Waals surface area contributed by atoms with E-state index in [1.807, 2.05) is 66.4 Å². The van der Waals surface area contributed by atoms with Crippen molar-refractivity contribution in [2.45, 2.75) is 30.7 Å². The number of hydrogen-bond donors (Lipinski definition) is 2. The molecule has 2 atom stereocenters. The quantitative estimate of drug-likeness (QED) is 0.721. The van der Waals surface area contributed by atoms with Gasteiger partial charge in [0, 0.05) is 12.2 Å². The second kappa shape index (κ2) is 9.75. The smallest absolute Gasteiger partial charge is 0.290 e. The number of likely N-dealkylation sites (N-methyl/N-ethyl adjacent to an activating group) is 1. The highest BCUT2D eigenvalue weighted by Crippen LogP contribution is 2.49. The van der Waals surface area contributed by atoms with Crippen LogP contribution in [-0.2, 0) is 26.2 Å². The van der Waals surface area contributed by atoms with E-state index in [4.69, 9.17) is 9.90 Å². The standard InChI is InChI=1S/C23H27N3O2.CH2O2/c1-25(2)16-21(27)26-15-14-23(18-10-6-7-11-19(18)24-22(23)28)20(26)13-12-17-8-4-3-5-9-17;2-1-3/h3-11,20H,12-16H2,1-2H3,(H,24,28);1H,(H,2,3)/t20-,23+;/m0./s1. The predicted molar refractivity (Wildman–Crippen MR) is 119 cm³/mol. The van der Waals surface area contributed by atoms with Crippen LogP contribution in [0, 0.1) is 0 Å². The molecule has 0 aromatic heterocycles. The van der Waals surface area contributed by atoms with Crippen molar-refractivity contribution in [1.82, 2.24) is 9.80 Å². The minimum absolute atomic E-state index is 0.0342. The van der Waals surface area contributed by atoms with Crippen LogP contribution in [0.2, 0.25) is 0 Å². The van der Waals surface area contributed by atoms with Gasteiger partial charge in [-0.15, -0.1) is 0 Å². The molecule has 2 aromatic carbocycles. The zero-order valence-electron chi connectivity index (χ0n) is 18.0. The Hall–Kier alpha value is -3.19. The van der Waals surface area contributed by atoms with Gasteiger partial charge in [0.25, 0.3) is 6.47 Å². The van der Waals surface area contributed by atoms with Crippen LogP contribution in [0.25, 0.3) is 0 Å². The lowest BCUT2D eigenvalue weighted by Gasteiger charge is -2.34. The number of fused-ring (bicyclic) bond motifs is 2. The molecule has 0 bridgehead atoms. The lowest BCUT2D eigenvalue weighted by atomic mass is 9.73. The number of amides is 2. The first-order valence-corrected chi connectivity index (χ1v) is 10.4. The molecular formula is C24H29N3O4. The number of rotatable bonds is 5. The van der Waals surface area contributed by atoms with E-state index >= 15 is 0 Å². The Labute approximate surface area is 182 Å². The van der Waals surface area contributed by atoms with E-state index in [9.17, 15) is 9.59 Å². The summed E-state index contributed by atoms with van der Waals surface area (Å²) >= 11 is 0. The van der Waals surface area contributed by atoms with E-state index in [1.54, 1.807) is 0 Å². The number of nitrogens with one attached hydrogen (secondary N) is 1. The Balaban J connectivity index is 0.000000858. The van der Waals surface area contributed by atoms with Gasteiger partial charge in [-0.25, -0.2) is 0 Å². The number of benzene rings is 2. The number of carbonyl (C=O) groups excluding carboxylic acids is 2. The zero-order chi connectivity index (χ0) is 22.4. The predicted octanol–water partition coefficient (Wildman–Crippen LogP) is 2.37. The molecule has 1 spiro atoms. The van der Waals surface area contributed by atoms with Crippen LogP contribution in [0.1, 0.15) is 24.0 Å². The van der Waals surface area contributed by atoms with Crippen LogP contribution in [0.15, 0.2) is 54.6 Å². The molecule has 31 heavy (non-hydrogen) atoms. The zero-order valence-corrected chi connectivity index (χ0v) is 18.0. The van der Waals surface area contributed by atoms with Crippen LogP contribution in [0.5, 0.6) is 0 Å². The molecule has 7 heteroatoms. The third-order valence-corrected chi connectivity index (χ3v) is 6.07. The molecule has 1 fully saturated rings. The van der Waals surface area contributed by atoms with Crippen LogP contribution in [0.3, 0.4) is 0 Å². The van der Waals surface area contributed by atoms with Crippen molar-refractivity contribution in [1.29, 1.82) is 0 Å². The second-order valence-electron chi connectivity index (χ2n) is 8.19. The summed E-state index contributed by atoms with van der Waals surface area (Å²) in [6.07, 6.45) is 2.29. The SMILES string of the molecule is CN(C)CC(=O)N1CC[C@]2(C(=O)Nc3ccccc32)[C@@H]1CCc1ccccc1.O=CO. The maximum absolute atomic E-state index is 13.2. The number of carbonyl (C=O) groups is 3. The molecule has 0 saturated carbocycles. The summed E-state index contributed by atoms with van der Waals surface area (Å²) < 4.78 is 0. The molecule has 1 saturated heterocycles. The Morgan fingerprint density at radius 2 is 1.84 bits per heavy atom. The van der Waals surface area contributed by atoms with Gasteiger partial charge in [0.05, 0.1) is 18.0 Å². The molecule has 2 aliphatic heterocycles. The lowest BCUT2D eigenvalue weighted by Crippen LogP contribution is -2.50. The van der Waals surface area contributed by atoms with Gasteiger partial charge in [-0.1, -0.05) is 48.5 Å². The van der Waals surface area contributed by atoms with Crippen molar-refractivity contribution >= 4 is 24.0 Å². The molecule has 0 radical (unpaired) electrons. The average Bonchev–Trinajstić information content (AvgIpc) is 3.27. The molecule has 4 rings (SSSR count). The van der Waals surface area contributed by atoms with Crippen molar-refractivity contribution in [3.05, 3.63) is 65.7 Å². The first-order valence-electron chi connectivity index (χ1n) is 10.4. The first-order chi connectivity index (χ1) is 14.9. The van der Waals surface area contributed by atoms with Gasteiger partial charge >= 0.3 is 0 Å². The maximum Gasteiger partial charge on any atom is 0.290 e. The molecule has 0 unspecified atom stereocenters. The van der Waals surface area contributed by atoms with E-state index in [1.165, 1.54) is 5.56 Å². The summed E-state index contributed by atoms with van der Waals surface area (Å²) in [5.74, 6) is 0.129. The van der Waals surface area contributed by atoms with E-state index in [-0.39, 0.29) is 24.3 Å². The highest BCUT2D eigenvalue weighted by molar-refractivity contribution is 6.07. The molecule has 2 heterocycles. The molecule has 7 nitrogen and oxygen atoms in total. The van der Waals surface area contributed by atoms with Gasteiger partial charge in [0.1, 0.15) is 0 Å². The largest absolute Gasteiger partial charge is 0.483 e. The minimum atomic E-state index is -0.645. The van der Waals surface area contributed by atoms with Gasteiger partial charge in [-0.3, -0.25) is 14.4 Å². The van der Waals surface area contributed by atoms with E-state index in [0.717, 1.165) is 24.1 Å². The van der Waals surface area contributed by atoms with E-state index in [2.05, 4.69) is 17.4 Å². The third kappa shape index (κ3) is 4.46. The summed E-state index contributed by atoms with van der Waals surface area (Å²) in [5.41, 5.74) is 2.52. The van der Waals surface area contributed by atoms with Gasteiger partial charge in [-0.2, -0.15) is 0 Å². The molecule has 2 N–H and O–H groups in total. The highest BCUT2D eigenvalue weighted by Gasteiger charge is 2.58. The van der Waals surface area contributed by atoms with E-state index < -0.39 is 5.41 Å². The van der Waals surface area contributed by atoms with Crippen molar-refractivity contribution in [3.63, 3.8) is 0 Å². The second-order valence-corrected chi connectivity index (χ2v) is 8.19. The number of hydrogen-bond acceptors (Lipinski definition) is 4. The van der Waals surface area contributed by atoms with Crippen molar-refractivity contribution < 1.29 is 19.5 Å². The summed E-state index contributed by atoms with van der Waals surface area (Å²) in [4.78, 5) is 38.4. The van der Waals surface area contributed by atoms with Gasteiger partial charge in [0.2, 0.25) is 11.8 Å². The Morgan fingerprint density at radius 1 is 1.19 bits per heavy atom. The lowest BCUT2D eigenvalue weighted by molar-refractivity contribution is -0.134. The molecular weight excluding hydrogens is 394 g/mol. The molecule has 164 valence electrons. The van der Waals surface area contributed by atoms with Crippen LogP contribution < -0.4 is 5.32 Å².